The second-order valence-electron chi connectivity index (χ2n) is 6.11. The number of carbonyl (C=O) groups excluding carboxylic acids is 1. The van der Waals surface area contributed by atoms with Crippen molar-refractivity contribution in [2.75, 3.05) is 18.5 Å². The van der Waals surface area contributed by atoms with Crippen molar-refractivity contribution in [1.82, 2.24) is 5.32 Å². The number of benzene rings is 2. The standard InChI is InChI=1S/C21H25ClN2O3S/c1-2-3-14-27-19-8-5-4-7-18(19)23-21(28)24-20(25)9-6-15-26-17-12-10-16(22)11-13-17/h4-5,7-8,10-13H,2-3,6,9,14-15H2,1H3,(H2,23,24,25,28). The number of carbonyl (C=O) groups is 1. The molecule has 0 spiro atoms. The van der Waals surface area contributed by atoms with Gasteiger partial charge in [-0.25, -0.2) is 0 Å². The molecule has 0 aliphatic carbocycles. The number of thiocarbonyl (C=S) groups is 1. The average Bonchev–Trinajstić information content (AvgIpc) is 2.68. The first kappa shape index (κ1) is 22.0. The third kappa shape index (κ3) is 8.15. The van der Waals surface area contributed by atoms with Crippen molar-refractivity contribution in [2.24, 2.45) is 0 Å². The molecule has 0 aliphatic heterocycles. The van der Waals surface area contributed by atoms with Crippen LogP contribution in [0.25, 0.3) is 0 Å². The number of nitrogens with one attached hydrogen (secondary N) is 2. The predicted molar refractivity (Wildman–Crippen MR) is 117 cm³/mol. The molecule has 2 rings (SSSR count). The Morgan fingerprint density at radius 2 is 1.75 bits per heavy atom. The van der Waals surface area contributed by atoms with Gasteiger partial charge in [0.25, 0.3) is 0 Å². The molecular weight excluding hydrogens is 396 g/mol. The lowest BCUT2D eigenvalue weighted by Crippen LogP contribution is -2.34. The van der Waals surface area contributed by atoms with Gasteiger partial charge in [0.15, 0.2) is 5.11 Å². The molecule has 150 valence electrons. The quantitative estimate of drug-likeness (QED) is 0.409. The smallest absolute Gasteiger partial charge is 0.226 e. The summed E-state index contributed by atoms with van der Waals surface area (Å²) in [6, 6.07) is 14.6. The fraction of sp³-hybridized carbons (Fsp3) is 0.333. The number of hydrogen-bond acceptors (Lipinski definition) is 4. The third-order valence-electron chi connectivity index (χ3n) is 3.77. The first-order chi connectivity index (χ1) is 13.6. The Morgan fingerprint density at radius 1 is 1.04 bits per heavy atom. The molecule has 0 saturated carbocycles. The van der Waals surface area contributed by atoms with Crippen LogP contribution in [0.3, 0.4) is 0 Å². The molecule has 0 unspecified atom stereocenters. The third-order valence-corrected chi connectivity index (χ3v) is 4.23. The SMILES string of the molecule is CCCCOc1ccccc1NC(=S)NC(=O)CCCOc1ccc(Cl)cc1. The minimum atomic E-state index is -0.165. The molecule has 0 aromatic heterocycles. The molecule has 2 aromatic carbocycles. The maximum absolute atomic E-state index is 12.1. The van der Waals surface area contributed by atoms with E-state index in [1.54, 1.807) is 24.3 Å². The summed E-state index contributed by atoms with van der Waals surface area (Å²) < 4.78 is 11.3. The van der Waals surface area contributed by atoms with Gasteiger partial charge in [0, 0.05) is 11.4 Å². The second-order valence-corrected chi connectivity index (χ2v) is 6.95. The molecule has 0 saturated heterocycles. The van der Waals surface area contributed by atoms with Crippen LogP contribution in [0.4, 0.5) is 5.69 Å². The van der Waals surface area contributed by atoms with E-state index in [9.17, 15) is 4.79 Å². The van der Waals surface area contributed by atoms with E-state index in [1.165, 1.54) is 0 Å². The summed E-state index contributed by atoms with van der Waals surface area (Å²) in [4.78, 5) is 12.1. The van der Waals surface area contributed by atoms with Crippen molar-refractivity contribution in [3.05, 3.63) is 53.6 Å². The zero-order valence-electron chi connectivity index (χ0n) is 15.9. The number of amides is 1. The molecular formula is C21H25ClN2O3S. The van der Waals surface area contributed by atoms with Crippen molar-refractivity contribution >= 4 is 40.5 Å². The monoisotopic (exact) mass is 420 g/mol. The summed E-state index contributed by atoms with van der Waals surface area (Å²) in [5, 5.41) is 6.61. The Kier molecular flexibility index (Phi) is 9.59. The number of hydrogen-bond donors (Lipinski definition) is 2. The summed E-state index contributed by atoms with van der Waals surface area (Å²) in [6.07, 6.45) is 2.93. The molecule has 2 N–H and O–H groups in total. The van der Waals surface area contributed by atoms with Gasteiger partial charge in [0.1, 0.15) is 11.5 Å². The Labute approximate surface area is 176 Å². The van der Waals surface area contributed by atoms with Gasteiger partial charge in [-0.3, -0.25) is 4.79 Å². The fourth-order valence-corrected chi connectivity index (χ4v) is 2.67. The van der Waals surface area contributed by atoms with E-state index in [0.717, 1.165) is 24.3 Å². The number of unbranched alkanes of at least 4 members (excludes halogenated alkanes) is 1. The topological polar surface area (TPSA) is 59.6 Å². The summed E-state index contributed by atoms with van der Waals surface area (Å²) >= 11 is 11.1. The van der Waals surface area contributed by atoms with Crippen molar-refractivity contribution in [1.29, 1.82) is 0 Å². The number of anilines is 1. The fourth-order valence-electron chi connectivity index (χ4n) is 2.32. The Balaban J connectivity index is 1.70. The van der Waals surface area contributed by atoms with E-state index in [2.05, 4.69) is 17.6 Å². The lowest BCUT2D eigenvalue weighted by atomic mass is 10.3. The molecule has 5 nitrogen and oxygen atoms in total. The summed E-state index contributed by atoms with van der Waals surface area (Å²) in [5.74, 6) is 1.27. The molecule has 0 atom stereocenters. The second kappa shape index (κ2) is 12.2. The van der Waals surface area contributed by atoms with Crippen LogP contribution in [0.1, 0.15) is 32.6 Å². The summed E-state index contributed by atoms with van der Waals surface area (Å²) in [5.41, 5.74) is 0.731. The molecule has 0 aliphatic rings. The van der Waals surface area contributed by atoms with Crippen molar-refractivity contribution in [3.8, 4) is 11.5 Å². The first-order valence-corrected chi connectivity index (χ1v) is 10.1. The van der Waals surface area contributed by atoms with E-state index in [0.29, 0.717) is 36.8 Å². The molecule has 7 heteroatoms. The van der Waals surface area contributed by atoms with Crippen molar-refractivity contribution in [2.45, 2.75) is 32.6 Å². The number of ether oxygens (including phenoxy) is 2. The van der Waals surface area contributed by atoms with Crippen LogP contribution >= 0.6 is 23.8 Å². The minimum Gasteiger partial charge on any atom is -0.494 e. The summed E-state index contributed by atoms with van der Waals surface area (Å²) in [7, 11) is 0. The molecule has 28 heavy (non-hydrogen) atoms. The van der Waals surface area contributed by atoms with E-state index in [-0.39, 0.29) is 11.0 Å². The Bertz CT molecular complexity index is 769. The Hall–Kier alpha value is -2.31. The maximum Gasteiger partial charge on any atom is 0.226 e. The average molecular weight is 421 g/mol. The number of para-hydroxylation sites is 2. The van der Waals surface area contributed by atoms with Gasteiger partial charge in [-0.15, -0.1) is 0 Å². The highest BCUT2D eigenvalue weighted by molar-refractivity contribution is 7.80. The summed E-state index contributed by atoms with van der Waals surface area (Å²) in [6.45, 7) is 3.18. The lowest BCUT2D eigenvalue weighted by Gasteiger charge is -2.14. The van der Waals surface area contributed by atoms with Gasteiger partial charge < -0.3 is 20.1 Å². The highest BCUT2D eigenvalue weighted by atomic mass is 35.5. The van der Waals surface area contributed by atoms with E-state index < -0.39 is 0 Å². The molecule has 0 heterocycles. The van der Waals surface area contributed by atoms with Gasteiger partial charge in [-0.1, -0.05) is 37.1 Å². The van der Waals surface area contributed by atoms with Gasteiger partial charge in [0.05, 0.1) is 18.9 Å². The van der Waals surface area contributed by atoms with Crippen LogP contribution in [0.5, 0.6) is 11.5 Å². The van der Waals surface area contributed by atoms with E-state index >= 15 is 0 Å². The van der Waals surface area contributed by atoms with Gasteiger partial charge >= 0.3 is 0 Å². The number of rotatable bonds is 10. The zero-order chi connectivity index (χ0) is 20.2. The van der Waals surface area contributed by atoms with Crippen LogP contribution in [0.15, 0.2) is 48.5 Å². The Morgan fingerprint density at radius 3 is 2.50 bits per heavy atom. The van der Waals surface area contributed by atoms with Gasteiger partial charge in [0.2, 0.25) is 5.91 Å². The molecule has 0 fully saturated rings. The van der Waals surface area contributed by atoms with E-state index in [4.69, 9.17) is 33.3 Å². The van der Waals surface area contributed by atoms with Crippen LogP contribution in [0.2, 0.25) is 5.02 Å². The highest BCUT2D eigenvalue weighted by Crippen LogP contribution is 2.24. The lowest BCUT2D eigenvalue weighted by molar-refractivity contribution is -0.119. The minimum absolute atomic E-state index is 0.165. The normalized spacial score (nSPS) is 10.2. The van der Waals surface area contributed by atoms with Crippen molar-refractivity contribution < 1.29 is 14.3 Å². The van der Waals surface area contributed by atoms with Crippen LogP contribution in [0, 0.1) is 0 Å². The largest absolute Gasteiger partial charge is 0.494 e. The maximum atomic E-state index is 12.1. The molecule has 1 amide bonds. The molecule has 2 aromatic rings. The highest BCUT2D eigenvalue weighted by Gasteiger charge is 2.08. The van der Waals surface area contributed by atoms with Crippen LogP contribution in [-0.2, 0) is 4.79 Å². The van der Waals surface area contributed by atoms with Crippen LogP contribution in [-0.4, -0.2) is 24.2 Å². The van der Waals surface area contributed by atoms with Gasteiger partial charge in [-0.2, -0.15) is 0 Å². The molecule has 0 bridgehead atoms. The number of halogens is 1. The van der Waals surface area contributed by atoms with E-state index in [1.807, 2.05) is 24.3 Å². The van der Waals surface area contributed by atoms with Crippen molar-refractivity contribution in [3.63, 3.8) is 0 Å². The van der Waals surface area contributed by atoms with Crippen LogP contribution < -0.4 is 20.1 Å². The van der Waals surface area contributed by atoms with Gasteiger partial charge in [-0.05, 0) is 61.5 Å². The molecule has 0 radical (unpaired) electrons. The zero-order valence-corrected chi connectivity index (χ0v) is 17.4. The predicted octanol–water partition coefficient (Wildman–Crippen LogP) is 5.19. The first-order valence-electron chi connectivity index (χ1n) is 9.29.